The number of benzene rings is 1. The zero-order valence-corrected chi connectivity index (χ0v) is 13.7. The normalized spacial score (nSPS) is 23.1. The van der Waals surface area contributed by atoms with E-state index < -0.39 is 10.0 Å². The highest BCUT2D eigenvalue weighted by Gasteiger charge is 2.32. The maximum atomic E-state index is 12.8. The highest BCUT2D eigenvalue weighted by atomic mass is 32.2. The largest absolute Gasteiger partial charge is 0.341 e. The van der Waals surface area contributed by atoms with Gasteiger partial charge in [0.1, 0.15) is 0 Å². The van der Waals surface area contributed by atoms with Crippen LogP contribution in [0.5, 0.6) is 0 Å². The van der Waals surface area contributed by atoms with Crippen molar-refractivity contribution in [3.8, 4) is 0 Å². The minimum Gasteiger partial charge on any atom is -0.341 e. The van der Waals surface area contributed by atoms with E-state index in [1.807, 2.05) is 23.1 Å². The molecule has 3 rings (SSSR count). The van der Waals surface area contributed by atoms with Crippen LogP contribution in [0.2, 0.25) is 0 Å². The number of carbonyl (C=O) groups is 1. The lowest BCUT2D eigenvalue weighted by Gasteiger charge is -2.24. The number of rotatable bonds is 2. The predicted octanol–water partition coefficient (Wildman–Crippen LogP) is 1.21. The molecule has 0 aromatic heterocycles. The maximum Gasteiger partial charge on any atom is 0.230 e. The van der Waals surface area contributed by atoms with Crippen molar-refractivity contribution in [3.63, 3.8) is 0 Å². The Labute approximate surface area is 132 Å². The van der Waals surface area contributed by atoms with Gasteiger partial charge in [-0.2, -0.15) is 0 Å². The van der Waals surface area contributed by atoms with E-state index in [9.17, 15) is 13.2 Å². The summed E-state index contributed by atoms with van der Waals surface area (Å²) in [5, 5.41) is 0. The number of hydrogen-bond donors (Lipinski definition) is 0. The Morgan fingerprint density at radius 2 is 1.91 bits per heavy atom. The molecule has 1 atom stereocenters. The van der Waals surface area contributed by atoms with Gasteiger partial charge in [0.05, 0.1) is 12.2 Å². The second-order valence-electron chi connectivity index (χ2n) is 6.13. The second kappa shape index (κ2) is 6.01. The molecule has 1 heterocycles. The van der Waals surface area contributed by atoms with Gasteiger partial charge in [-0.25, -0.2) is 12.7 Å². The Bertz CT molecular complexity index is 672. The fourth-order valence-electron chi connectivity index (χ4n) is 3.48. The number of sulfonamides is 1. The Balaban J connectivity index is 1.72. The average Bonchev–Trinajstić information content (AvgIpc) is 2.73. The van der Waals surface area contributed by atoms with Crippen LogP contribution in [0.4, 0.5) is 0 Å². The number of fused-ring (bicyclic) bond motifs is 1. The lowest BCUT2D eigenvalue weighted by Crippen LogP contribution is -2.38. The standard InChI is InChI=1S/C16H22N2O3S/c1-22(20,21)18-10-4-9-17(11-12-18)16(19)15-8-7-13-5-2-3-6-14(13)15/h2-3,5-6,15H,4,7-12H2,1H3/t15-/m1/s1. The van der Waals surface area contributed by atoms with Crippen LogP contribution < -0.4 is 0 Å². The van der Waals surface area contributed by atoms with Crippen molar-refractivity contribution in [2.24, 2.45) is 0 Å². The Morgan fingerprint density at radius 3 is 2.68 bits per heavy atom. The molecule has 2 aliphatic rings. The summed E-state index contributed by atoms with van der Waals surface area (Å²) in [6, 6.07) is 8.14. The number of amides is 1. The molecular formula is C16H22N2O3S. The zero-order valence-electron chi connectivity index (χ0n) is 12.9. The van der Waals surface area contributed by atoms with Crippen LogP contribution in [0.25, 0.3) is 0 Å². The van der Waals surface area contributed by atoms with E-state index in [1.54, 1.807) is 0 Å². The molecule has 1 aliphatic heterocycles. The maximum absolute atomic E-state index is 12.8. The van der Waals surface area contributed by atoms with E-state index in [0.717, 1.165) is 18.4 Å². The first-order valence-electron chi connectivity index (χ1n) is 7.78. The number of hydrogen-bond acceptors (Lipinski definition) is 3. The van der Waals surface area contributed by atoms with Crippen LogP contribution >= 0.6 is 0 Å². The van der Waals surface area contributed by atoms with E-state index in [-0.39, 0.29) is 11.8 Å². The zero-order chi connectivity index (χ0) is 15.7. The third kappa shape index (κ3) is 3.03. The quantitative estimate of drug-likeness (QED) is 0.822. The fourth-order valence-corrected chi connectivity index (χ4v) is 4.35. The molecule has 1 fully saturated rings. The second-order valence-corrected chi connectivity index (χ2v) is 8.11. The van der Waals surface area contributed by atoms with Gasteiger partial charge in [0.2, 0.25) is 15.9 Å². The van der Waals surface area contributed by atoms with Crippen molar-refractivity contribution in [1.29, 1.82) is 0 Å². The molecule has 0 bridgehead atoms. The smallest absolute Gasteiger partial charge is 0.230 e. The summed E-state index contributed by atoms with van der Waals surface area (Å²) < 4.78 is 24.8. The SMILES string of the molecule is CS(=O)(=O)N1CCCN(C(=O)[C@@H]2CCc3ccccc32)CC1. The van der Waals surface area contributed by atoms with E-state index >= 15 is 0 Å². The summed E-state index contributed by atoms with van der Waals surface area (Å²) in [6.45, 7) is 2.04. The fraction of sp³-hybridized carbons (Fsp3) is 0.562. The van der Waals surface area contributed by atoms with Crippen LogP contribution in [0, 0.1) is 0 Å². The van der Waals surface area contributed by atoms with Crippen LogP contribution in [0.1, 0.15) is 29.9 Å². The highest BCUT2D eigenvalue weighted by Crippen LogP contribution is 2.34. The minimum atomic E-state index is -3.17. The molecule has 6 heteroatoms. The van der Waals surface area contributed by atoms with Crippen LogP contribution in [-0.4, -0.2) is 56.0 Å². The summed E-state index contributed by atoms with van der Waals surface area (Å²) in [7, 11) is -3.17. The monoisotopic (exact) mass is 322 g/mol. The van der Waals surface area contributed by atoms with E-state index in [1.165, 1.54) is 16.1 Å². The van der Waals surface area contributed by atoms with Crippen LogP contribution in [-0.2, 0) is 21.2 Å². The van der Waals surface area contributed by atoms with Gasteiger partial charge < -0.3 is 4.90 Å². The first-order valence-corrected chi connectivity index (χ1v) is 9.63. The minimum absolute atomic E-state index is 0.0546. The summed E-state index contributed by atoms with van der Waals surface area (Å²) in [5.41, 5.74) is 2.42. The molecule has 0 N–H and O–H groups in total. The lowest BCUT2D eigenvalue weighted by atomic mass is 10.00. The molecule has 5 nitrogen and oxygen atoms in total. The average molecular weight is 322 g/mol. The van der Waals surface area contributed by atoms with Crippen LogP contribution in [0.3, 0.4) is 0 Å². The van der Waals surface area contributed by atoms with Gasteiger partial charge >= 0.3 is 0 Å². The number of nitrogens with zero attached hydrogens (tertiary/aromatic N) is 2. The van der Waals surface area contributed by atoms with E-state index in [2.05, 4.69) is 6.07 Å². The molecule has 1 saturated heterocycles. The Kier molecular flexibility index (Phi) is 4.23. The van der Waals surface area contributed by atoms with Gasteiger partial charge in [0, 0.05) is 26.2 Å². The van der Waals surface area contributed by atoms with Crippen molar-refractivity contribution in [2.45, 2.75) is 25.2 Å². The van der Waals surface area contributed by atoms with E-state index in [4.69, 9.17) is 0 Å². The summed E-state index contributed by atoms with van der Waals surface area (Å²) in [6.07, 6.45) is 3.76. The molecule has 0 unspecified atom stereocenters. The molecule has 1 aliphatic carbocycles. The lowest BCUT2D eigenvalue weighted by molar-refractivity contribution is -0.132. The van der Waals surface area contributed by atoms with Gasteiger partial charge in [0.15, 0.2) is 0 Å². The first kappa shape index (κ1) is 15.5. The van der Waals surface area contributed by atoms with Gasteiger partial charge in [0.25, 0.3) is 0 Å². The molecule has 22 heavy (non-hydrogen) atoms. The molecule has 1 amide bonds. The van der Waals surface area contributed by atoms with Gasteiger partial charge in [-0.3, -0.25) is 4.79 Å². The Morgan fingerprint density at radius 1 is 1.14 bits per heavy atom. The van der Waals surface area contributed by atoms with Crippen LogP contribution in [0.15, 0.2) is 24.3 Å². The molecule has 0 spiro atoms. The number of aryl methyl sites for hydroxylation is 1. The van der Waals surface area contributed by atoms with Gasteiger partial charge in [-0.05, 0) is 30.4 Å². The Hall–Kier alpha value is -1.40. The predicted molar refractivity (Wildman–Crippen MR) is 85.1 cm³/mol. The van der Waals surface area contributed by atoms with Crippen molar-refractivity contribution >= 4 is 15.9 Å². The van der Waals surface area contributed by atoms with Crippen molar-refractivity contribution in [3.05, 3.63) is 35.4 Å². The van der Waals surface area contributed by atoms with Crippen molar-refractivity contribution < 1.29 is 13.2 Å². The first-order chi connectivity index (χ1) is 10.5. The molecule has 0 radical (unpaired) electrons. The molecule has 1 aromatic carbocycles. The van der Waals surface area contributed by atoms with Gasteiger partial charge in [-0.1, -0.05) is 24.3 Å². The number of carbonyl (C=O) groups excluding carboxylic acids is 1. The molecule has 120 valence electrons. The summed E-state index contributed by atoms with van der Waals surface area (Å²) >= 11 is 0. The topological polar surface area (TPSA) is 57.7 Å². The molecular weight excluding hydrogens is 300 g/mol. The van der Waals surface area contributed by atoms with Crippen molar-refractivity contribution in [1.82, 2.24) is 9.21 Å². The van der Waals surface area contributed by atoms with Crippen molar-refractivity contribution in [2.75, 3.05) is 32.4 Å². The van der Waals surface area contributed by atoms with Gasteiger partial charge in [-0.15, -0.1) is 0 Å². The molecule has 1 aromatic rings. The molecule has 0 saturated carbocycles. The summed E-state index contributed by atoms with van der Waals surface area (Å²) in [4.78, 5) is 14.7. The third-order valence-electron chi connectivity index (χ3n) is 4.67. The highest BCUT2D eigenvalue weighted by molar-refractivity contribution is 7.88. The third-order valence-corrected chi connectivity index (χ3v) is 5.97. The van der Waals surface area contributed by atoms with E-state index in [0.29, 0.717) is 32.6 Å². The summed E-state index contributed by atoms with van der Waals surface area (Å²) in [5.74, 6) is 0.0984.